The average molecular weight is 321 g/mol. The van der Waals surface area contributed by atoms with Crippen LogP contribution in [0.25, 0.3) is 0 Å². The number of hydrogen-bond acceptors (Lipinski definition) is 4. The van der Waals surface area contributed by atoms with E-state index in [9.17, 15) is 8.42 Å². The first kappa shape index (κ1) is 15.4. The van der Waals surface area contributed by atoms with Gasteiger partial charge in [0.25, 0.3) is 10.0 Å². The summed E-state index contributed by atoms with van der Waals surface area (Å²) in [4.78, 5) is 4.61. The van der Waals surface area contributed by atoms with Crippen LogP contribution < -0.4 is 10.0 Å². The Labute approximate surface area is 129 Å². The molecule has 0 amide bonds. The van der Waals surface area contributed by atoms with E-state index in [0.29, 0.717) is 17.2 Å². The van der Waals surface area contributed by atoms with E-state index < -0.39 is 10.0 Å². The Hall–Kier alpha value is -1.99. The predicted octanol–water partition coefficient (Wildman–Crippen LogP) is 1.74. The summed E-state index contributed by atoms with van der Waals surface area (Å²) in [5.41, 5.74) is 6.35. The standard InChI is InChI=1S/C14H15N3O2S2/c1-17(14-4-2-3-9-16-14)21(18,19)12-7-5-11(6-8-12)10-13(15)20/h2-9H,10H2,1H3,(H2,15,20). The summed E-state index contributed by atoms with van der Waals surface area (Å²) in [5.74, 6) is 0.365. The van der Waals surface area contributed by atoms with Crippen molar-refractivity contribution in [2.75, 3.05) is 11.4 Å². The van der Waals surface area contributed by atoms with Crippen LogP contribution in [0.5, 0.6) is 0 Å². The monoisotopic (exact) mass is 321 g/mol. The maximum atomic E-state index is 12.5. The Kier molecular flexibility index (Phi) is 4.54. The highest BCUT2D eigenvalue weighted by Gasteiger charge is 2.21. The van der Waals surface area contributed by atoms with Crippen molar-refractivity contribution in [2.45, 2.75) is 11.3 Å². The second-order valence-corrected chi connectivity index (χ2v) is 6.94. The molecule has 1 heterocycles. The van der Waals surface area contributed by atoms with Crippen molar-refractivity contribution in [3.8, 4) is 0 Å². The van der Waals surface area contributed by atoms with Crippen molar-refractivity contribution in [1.29, 1.82) is 0 Å². The second-order valence-electron chi connectivity index (χ2n) is 4.45. The van der Waals surface area contributed by atoms with E-state index in [1.165, 1.54) is 7.05 Å². The van der Waals surface area contributed by atoms with Crippen molar-refractivity contribution in [3.63, 3.8) is 0 Å². The quantitative estimate of drug-likeness (QED) is 0.849. The SMILES string of the molecule is CN(c1ccccn1)S(=O)(=O)c1ccc(CC(N)=S)cc1. The van der Waals surface area contributed by atoms with Crippen molar-refractivity contribution >= 4 is 33.0 Å². The molecule has 7 heteroatoms. The van der Waals surface area contributed by atoms with Crippen LogP contribution in [0.3, 0.4) is 0 Å². The minimum absolute atomic E-state index is 0.197. The summed E-state index contributed by atoms with van der Waals surface area (Å²) in [6.45, 7) is 0. The summed E-state index contributed by atoms with van der Waals surface area (Å²) >= 11 is 4.83. The minimum Gasteiger partial charge on any atom is -0.393 e. The minimum atomic E-state index is -3.63. The van der Waals surface area contributed by atoms with E-state index in [2.05, 4.69) is 4.98 Å². The van der Waals surface area contributed by atoms with E-state index in [1.54, 1.807) is 48.7 Å². The molecule has 0 spiro atoms. The number of aromatic nitrogens is 1. The van der Waals surface area contributed by atoms with Gasteiger partial charge in [0.1, 0.15) is 5.82 Å². The number of nitrogens with zero attached hydrogens (tertiary/aromatic N) is 2. The highest BCUT2D eigenvalue weighted by Crippen LogP contribution is 2.20. The molecule has 2 aromatic rings. The van der Waals surface area contributed by atoms with Crippen LogP contribution in [-0.2, 0) is 16.4 Å². The molecule has 2 N–H and O–H groups in total. The van der Waals surface area contributed by atoms with Gasteiger partial charge in [-0.05, 0) is 29.8 Å². The van der Waals surface area contributed by atoms with Crippen LogP contribution in [0.2, 0.25) is 0 Å². The molecular formula is C14H15N3O2S2. The molecular weight excluding hydrogens is 306 g/mol. The molecule has 1 aromatic carbocycles. The van der Waals surface area contributed by atoms with Gasteiger partial charge in [0, 0.05) is 19.7 Å². The third-order valence-corrected chi connectivity index (χ3v) is 4.85. The van der Waals surface area contributed by atoms with Gasteiger partial charge in [-0.1, -0.05) is 30.4 Å². The molecule has 0 saturated carbocycles. The topological polar surface area (TPSA) is 76.3 Å². The van der Waals surface area contributed by atoms with E-state index in [4.69, 9.17) is 18.0 Å². The Bertz CT molecular complexity index is 729. The van der Waals surface area contributed by atoms with Crippen LogP contribution in [0.15, 0.2) is 53.6 Å². The van der Waals surface area contributed by atoms with Crippen LogP contribution in [0.4, 0.5) is 5.82 Å². The lowest BCUT2D eigenvalue weighted by molar-refractivity contribution is 0.594. The predicted molar refractivity (Wildman–Crippen MR) is 86.8 cm³/mol. The second kappa shape index (κ2) is 6.19. The van der Waals surface area contributed by atoms with Crippen molar-refractivity contribution in [2.24, 2.45) is 5.73 Å². The summed E-state index contributed by atoms with van der Waals surface area (Å²) in [6, 6.07) is 11.6. The molecule has 2 rings (SSSR count). The van der Waals surface area contributed by atoms with E-state index in [-0.39, 0.29) is 4.90 Å². The molecule has 0 saturated heterocycles. The first-order valence-electron chi connectivity index (χ1n) is 6.18. The maximum absolute atomic E-state index is 12.5. The van der Waals surface area contributed by atoms with Crippen LogP contribution in [0.1, 0.15) is 5.56 Å². The van der Waals surface area contributed by atoms with Crippen molar-refractivity contribution < 1.29 is 8.42 Å². The maximum Gasteiger partial charge on any atom is 0.265 e. The van der Waals surface area contributed by atoms with Crippen LogP contribution in [-0.4, -0.2) is 25.4 Å². The number of thiocarbonyl (C=S) groups is 1. The van der Waals surface area contributed by atoms with Gasteiger partial charge in [-0.25, -0.2) is 13.4 Å². The van der Waals surface area contributed by atoms with Crippen LogP contribution in [0, 0.1) is 0 Å². The largest absolute Gasteiger partial charge is 0.393 e. The van der Waals surface area contributed by atoms with E-state index in [0.717, 1.165) is 9.87 Å². The van der Waals surface area contributed by atoms with Crippen LogP contribution >= 0.6 is 12.2 Å². The normalized spacial score (nSPS) is 11.1. The molecule has 1 aromatic heterocycles. The zero-order valence-electron chi connectivity index (χ0n) is 11.4. The summed E-state index contributed by atoms with van der Waals surface area (Å²) < 4.78 is 26.2. The molecule has 0 bridgehead atoms. The molecule has 0 atom stereocenters. The van der Waals surface area contributed by atoms with Crippen molar-refractivity contribution in [1.82, 2.24) is 4.98 Å². The van der Waals surface area contributed by atoms with Crippen molar-refractivity contribution in [3.05, 3.63) is 54.2 Å². The lowest BCUT2D eigenvalue weighted by atomic mass is 10.1. The molecule has 0 fully saturated rings. The Morgan fingerprint density at radius 1 is 1.24 bits per heavy atom. The highest BCUT2D eigenvalue weighted by atomic mass is 32.2. The molecule has 0 aliphatic heterocycles. The summed E-state index contributed by atoms with van der Waals surface area (Å²) in [6.07, 6.45) is 2.00. The first-order chi connectivity index (χ1) is 9.91. The molecule has 21 heavy (non-hydrogen) atoms. The zero-order valence-corrected chi connectivity index (χ0v) is 13.1. The fourth-order valence-corrected chi connectivity index (χ4v) is 3.12. The average Bonchev–Trinajstić information content (AvgIpc) is 2.47. The third-order valence-electron chi connectivity index (χ3n) is 2.93. The lowest BCUT2D eigenvalue weighted by Gasteiger charge is -2.18. The smallest absolute Gasteiger partial charge is 0.265 e. The first-order valence-corrected chi connectivity index (χ1v) is 8.03. The van der Waals surface area contributed by atoms with Gasteiger partial charge in [-0.15, -0.1) is 0 Å². The molecule has 5 nitrogen and oxygen atoms in total. The number of pyridine rings is 1. The molecule has 0 unspecified atom stereocenters. The van der Waals surface area contributed by atoms with E-state index >= 15 is 0 Å². The molecule has 110 valence electrons. The Morgan fingerprint density at radius 3 is 2.43 bits per heavy atom. The van der Waals surface area contributed by atoms with Gasteiger partial charge in [0.05, 0.1) is 9.88 Å². The number of hydrogen-bond donors (Lipinski definition) is 1. The molecule has 0 aliphatic carbocycles. The summed E-state index contributed by atoms with van der Waals surface area (Å²) in [7, 11) is -2.16. The van der Waals surface area contributed by atoms with E-state index in [1.807, 2.05) is 0 Å². The fraction of sp³-hybridized carbons (Fsp3) is 0.143. The fourth-order valence-electron chi connectivity index (χ4n) is 1.80. The van der Waals surface area contributed by atoms with Gasteiger partial charge in [-0.2, -0.15) is 0 Å². The number of benzene rings is 1. The summed E-state index contributed by atoms with van der Waals surface area (Å²) in [5, 5.41) is 0. The number of nitrogens with two attached hydrogens (primary N) is 1. The number of sulfonamides is 1. The molecule has 0 radical (unpaired) electrons. The Balaban J connectivity index is 2.29. The molecule has 0 aliphatic rings. The zero-order chi connectivity index (χ0) is 15.5. The van der Waals surface area contributed by atoms with Gasteiger partial charge < -0.3 is 5.73 Å². The Morgan fingerprint density at radius 2 is 1.90 bits per heavy atom. The van der Waals surface area contributed by atoms with Gasteiger partial charge in [0.2, 0.25) is 0 Å². The van der Waals surface area contributed by atoms with Gasteiger partial charge in [0.15, 0.2) is 0 Å². The third kappa shape index (κ3) is 3.56. The number of anilines is 1. The van der Waals surface area contributed by atoms with Gasteiger partial charge in [-0.3, -0.25) is 4.31 Å². The van der Waals surface area contributed by atoms with Gasteiger partial charge >= 0.3 is 0 Å². The number of rotatable bonds is 5. The lowest BCUT2D eigenvalue weighted by Crippen LogP contribution is -2.27. The highest BCUT2D eigenvalue weighted by molar-refractivity contribution is 7.92.